The van der Waals surface area contributed by atoms with Crippen molar-refractivity contribution < 1.29 is 9.13 Å². The highest BCUT2D eigenvalue weighted by atomic mass is 19.1. The molecule has 2 rings (SSSR count). The van der Waals surface area contributed by atoms with Crippen LogP contribution in [-0.4, -0.2) is 17.4 Å². The van der Waals surface area contributed by atoms with Crippen LogP contribution in [0.15, 0.2) is 42.7 Å². The van der Waals surface area contributed by atoms with Gasteiger partial charge < -0.3 is 10.5 Å². The Morgan fingerprint density at radius 3 is 2.84 bits per heavy atom. The molecule has 0 saturated carbocycles. The van der Waals surface area contributed by atoms with E-state index in [0.29, 0.717) is 18.6 Å². The summed E-state index contributed by atoms with van der Waals surface area (Å²) in [6, 6.07) is 8.02. The maximum Gasteiger partial charge on any atom is 0.165 e. The number of amidine groups is 1. The first-order chi connectivity index (χ1) is 9.16. The molecule has 0 saturated heterocycles. The van der Waals surface area contributed by atoms with Crippen LogP contribution in [0, 0.1) is 11.2 Å². The fraction of sp³-hybridized carbons (Fsp3) is 0.143. The molecule has 0 unspecified atom stereocenters. The van der Waals surface area contributed by atoms with Gasteiger partial charge in [0.1, 0.15) is 5.84 Å². The van der Waals surface area contributed by atoms with Gasteiger partial charge in [-0.05, 0) is 29.8 Å². The second-order valence-corrected chi connectivity index (χ2v) is 4.02. The third-order valence-corrected chi connectivity index (χ3v) is 2.61. The van der Waals surface area contributed by atoms with Crippen molar-refractivity contribution in [2.45, 2.75) is 6.42 Å². The molecule has 1 heterocycles. The zero-order valence-corrected chi connectivity index (χ0v) is 10.3. The highest BCUT2D eigenvalue weighted by Gasteiger charge is 2.06. The van der Waals surface area contributed by atoms with Crippen molar-refractivity contribution in [3.8, 4) is 5.75 Å². The highest BCUT2D eigenvalue weighted by molar-refractivity contribution is 5.95. The Hall–Kier alpha value is -2.43. The molecular formula is C14H14FN3O. The van der Waals surface area contributed by atoms with E-state index in [2.05, 4.69) is 4.98 Å². The SMILES string of the molecule is N=C(N)c1ccc(OCCc2cccnc2)c(F)c1. The monoisotopic (exact) mass is 259 g/mol. The van der Waals surface area contributed by atoms with Gasteiger partial charge in [0.2, 0.25) is 0 Å². The largest absolute Gasteiger partial charge is 0.490 e. The van der Waals surface area contributed by atoms with Crippen LogP contribution in [0.25, 0.3) is 0 Å². The van der Waals surface area contributed by atoms with Crippen LogP contribution in [0.3, 0.4) is 0 Å². The molecule has 0 fully saturated rings. The molecule has 0 aliphatic heterocycles. The van der Waals surface area contributed by atoms with Gasteiger partial charge in [-0.15, -0.1) is 0 Å². The Labute approximate surface area is 110 Å². The highest BCUT2D eigenvalue weighted by Crippen LogP contribution is 2.18. The molecule has 0 atom stereocenters. The van der Waals surface area contributed by atoms with Crippen molar-refractivity contribution in [2.75, 3.05) is 6.61 Å². The van der Waals surface area contributed by atoms with Gasteiger partial charge in [0.25, 0.3) is 0 Å². The van der Waals surface area contributed by atoms with Gasteiger partial charge in [0.05, 0.1) is 6.61 Å². The van der Waals surface area contributed by atoms with E-state index in [-0.39, 0.29) is 11.6 Å². The lowest BCUT2D eigenvalue weighted by Gasteiger charge is -2.08. The summed E-state index contributed by atoms with van der Waals surface area (Å²) < 4.78 is 19.0. The first kappa shape index (κ1) is 13.0. The van der Waals surface area contributed by atoms with Crippen LogP contribution in [-0.2, 0) is 6.42 Å². The normalized spacial score (nSPS) is 10.2. The number of rotatable bonds is 5. The van der Waals surface area contributed by atoms with E-state index in [0.717, 1.165) is 5.56 Å². The Morgan fingerprint density at radius 1 is 1.37 bits per heavy atom. The minimum absolute atomic E-state index is 0.161. The van der Waals surface area contributed by atoms with Crippen LogP contribution in [0.5, 0.6) is 5.75 Å². The molecule has 0 spiro atoms. The van der Waals surface area contributed by atoms with Gasteiger partial charge in [0.15, 0.2) is 11.6 Å². The first-order valence-corrected chi connectivity index (χ1v) is 5.82. The number of hydrogen-bond acceptors (Lipinski definition) is 3. The van der Waals surface area contributed by atoms with Crippen LogP contribution >= 0.6 is 0 Å². The Bertz CT molecular complexity index is 572. The Kier molecular flexibility index (Phi) is 4.07. The molecule has 0 radical (unpaired) electrons. The number of nitrogen functional groups attached to an aromatic ring is 1. The van der Waals surface area contributed by atoms with E-state index in [9.17, 15) is 4.39 Å². The minimum atomic E-state index is -0.515. The van der Waals surface area contributed by atoms with Gasteiger partial charge >= 0.3 is 0 Å². The average molecular weight is 259 g/mol. The van der Waals surface area contributed by atoms with Crippen LogP contribution < -0.4 is 10.5 Å². The molecule has 4 nitrogen and oxygen atoms in total. The third kappa shape index (κ3) is 3.51. The number of hydrogen-bond donors (Lipinski definition) is 2. The lowest BCUT2D eigenvalue weighted by atomic mass is 10.2. The third-order valence-electron chi connectivity index (χ3n) is 2.61. The van der Waals surface area contributed by atoms with Crippen molar-refractivity contribution in [1.82, 2.24) is 4.98 Å². The molecule has 0 aliphatic carbocycles. The molecule has 19 heavy (non-hydrogen) atoms. The number of nitrogens with zero attached hydrogens (tertiary/aromatic N) is 1. The number of ether oxygens (including phenoxy) is 1. The van der Waals surface area contributed by atoms with Crippen LogP contribution in [0.2, 0.25) is 0 Å². The molecule has 98 valence electrons. The number of aromatic nitrogens is 1. The van der Waals surface area contributed by atoms with Crippen molar-refractivity contribution in [2.24, 2.45) is 5.73 Å². The summed E-state index contributed by atoms with van der Waals surface area (Å²) in [6.07, 6.45) is 4.10. The van der Waals surface area contributed by atoms with Crippen LogP contribution in [0.1, 0.15) is 11.1 Å². The predicted octanol–water partition coefficient (Wildman–Crippen LogP) is 2.13. The van der Waals surface area contributed by atoms with E-state index < -0.39 is 5.82 Å². The maximum atomic E-state index is 13.6. The molecule has 5 heteroatoms. The molecule has 2 aromatic rings. The Morgan fingerprint density at radius 2 is 2.21 bits per heavy atom. The van der Waals surface area contributed by atoms with Gasteiger partial charge in [-0.3, -0.25) is 10.4 Å². The maximum absolute atomic E-state index is 13.6. The van der Waals surface area contributed by atoms with Gasteiger partial charge in [-0.25, -0.2) is 4.39 Å². The fourth-order valence-electron chi connectivity index (χ4n) is 1.61. The van der Waals surface area contributed by atoms with E-state index in [1.54, 1.807) is 18.5 Å². The lowest BCUT2D eigenvalue weighted by molar-refractivity contribution is 0.305. The topological polar surface area (TPSA) is 72.0 Å². The minimum Gasteiger partial charge on any atom is -0.490 e. The van der Waals surface area contributed by atoms with Crippen molar-refractivity contribution in [3.63, 3.8) is 0 Å². The number of pyridine rings is 1. The fourth-order valence-corrected chi connectivity index (χ4v) is 1.61. The smallest absolute Gasteiger partial charge is 0.165 e. The van der Waals surface area contributed by atoms with Crippen molar-refractivity contribution in [3.05, 3.63) is 59.7 Å². The quantitative estimate of drug-likeness (QED) is 0.638. The molecule has 0 bridgehead atoms. The van der Waals surface area contributed by atoms with E-state index in [1.165, 1.54) is 12.1 Å². The summed E-state index contributed by atoms with van der Waals surface area (Å²) in [4.78, 5) is 3.99. The molecule has 3 N–H and O–H groups in total. The van der Waals surface area contributed by atoms with Crippen molar-refractivity contribution in [1.29, 1.82) is 5.41 Å². The zero-order valence-electron chi connectivity index (χ0n) is 10.3. The average Bonchev–Trinajstić information content (AvgIpc) is 2.41. The van der Waals surface area contributed by atoms with E-state index >= 15 is 0 Å². The predicted molar refractivity (Wildman–Crippen MR) is 70.9 cm³/mol. The Balaban J connectivity index is 1.95. The molecular weight excluding hydrogens is 245 g/mol. The molecule has 1 aromatic carbocycles. The van der Waals surface area contributed by atoms with E-state index in [4.69, 9.17) is 15.9 Å². The number of benzene rings is 1. The van der Waals surface area contributed by atoms with Gasteiger partial charge in [0, 0.05) is 24.4 Å². The standard InChI is InChI=1S/C14H14FN3O/c15-12-8-11(14(16)17)3-4-13(12)19-7-5-10-2-1-6-18-9-10/h1-4,6,8-9H,5,7H2,(H3,16,17). The molecule has 0 aliphatic rings. The van der Waals surface area contributed by atoms with Gasteiger partial charge in [-0.2, -0.15) is 0 Å². The second kappa shape index (κ2) is 5.95. The van der Waals surface area contributed by atoms with Gasteiger partial charge in [-0.1, -0.05) is 6.07 Å². The summed E-state index contributed by atoms with van der Waals surface area (Å²) in [7, 11) is 0. The number of halogens is 1. The number of nitrogens with one attached hydrogen (secondary N) is 1. The van der Waals surface area contributed by atoms with Crippen molar-refractivity contribution >= 4 is 5.84 Å². The summed E-state index contributed by atoms with van der Waals surface area (Å²) in [5, 5.41) is 7.22. The first-order valence-electron chi connectivity index (χ1n) is 5.82. The van der Waals surface area contributed by atoms with E-state index in [1.807, 2.05) is 12.1 Å². The summed E-state index contributed by atoms with van der Waals surface area (Å²) in [6.45, 7) is 0.363. The zero-order chi connectivity index (χ0) is 13.7. The van der Waals surface area contributed by atoms with Crippen LogP contribution in [0.4, 0.5) is 4.39 Å². The molecule has 0 amide bonds. The summed E-state index contributed by atoms with van der Waals surface area (Å²) in [5.41, 5.74) is 6.65. The molecule has 1 aromatic heterocycles. The second-order valence-electron chi connectivity index (χ2n) is 4.02. The summed E-state index contributed by atoms with van der Waals surface area (Å²) >= 11 is 0. The number of nitrogens with two attached hydrogens (primary N) is 1. The lowest BCUT2D eigenvalue weighted by Crippen LogP contribution is -2.11. The summed E-state index contributed by atoms with van der Waals surface area (Å²) in [5.74, 6) is -0.520.